The molecule has 196 valence electrons. The minimum absolute atomic E-state index is 0.401. The van der Waals surface area contributed by atoms with Crippen molar-refractivity contribution in [1.29, 1.82) is 0 Å². The molecule has 1 saturated carbocycles. The molecule has 36 heavy (non-hydrogen) atoms. The summed E-state index contributed by atoms with van der Waals surface area (Å²) in [7, 11) is 1.63. The van der Waals surface area contributed by atoms with Crippen LogP contribution in [0.2, 0.25) is 0 Å². The van der Waals surface area contributed by atoms with Crippen LogP contribution < -0.4 is 10.6 Å². The normalized spacial score (nSPS) is 22.3. The summed E-state index contributed by atoms with van der Waals surface area (Å²) in [4.78, 5) is 18.6. The highest BCUT2D eigenvalue weighted by Gasteiger charge is 2.50. The summed E-state index contributed by atoms with van der Waals surface area (Å²) >= 11 is 1.53. The number of ether oxygens (including phenoxy) is 1. The highest BCUT2D eigenvalue weighted by molar-refractivity contribution is 7.21. The zero-order valence-electron chi connectivity index (χ0n) is 21.4. The number of fused-ring (bicyclic) bond motifs is 1. The zero-order valence-corrected chi connectivity index (χ0v) is 22.3. The van der Waals surface area contributed by atoms with Crippen molar-refractivity contribution < 1.29 is 20.1 Å². The second kappa shape index (κ2) is 10.9. The number of aliphatic hydroxyl groups is 3. The molecule has 0 aliphatic heterocycles. The molecule has 1 fully saturated rings. The van der Waals surface area contributed by atoms with E-state index in [1.807, 2.05) is 33.8 Å². The lowest BCUT2D eigenvalue weighted by atomic mass is 9.80. The smallest absolute Gasteiger partial charge is 0.224 e. The fourth-order valence-electron chi connectivity index (χ4n) is 5.03. The molecule has 1 aliphatic carbocycles. The van der Waals surface area contributed by atoms with Crippen molar-refractivity contribution in [3.63, 3.8) is 0 Å². The Balaban J connectivity index is 1.73. The van der Waals surface area contributed by atoms with E-state index in [9.17, 15) is 15.3 Å². The molecular formula is C25H36N6O4S. The van der Waals surface area contributed by atoms with Crippen LogP contribution in [0.3, 0.4) is 0 Å². The standard InChI is InChI=1S/C25H36N6O4S/c1-6-25(34,7-2)15-12-16(21(33)20(15)32)29-22-18(13(3)28-24(31-22)27-10-11-35-5)23-30-19-14(4)26-9-8-17(19)36-23/h8-9,15-16,20-21,32-34H,6-7,10-12H2,1-5H3,(H2,27,28,29,31)/t15-,16?,20+,21-/m0/s1. The van der Waals surface area contributed by atoms with Crippen LogP contribution in [0.25, 0.3) is 20.8 Å². The summed E-state index contributed by atoms with van der Waals surface area (Å²) in [5.41, 5.74) is 2.08. The van der Waals surface area contributed by atoms with E-state index in [1.54, 1.807) is 13.3 Å². The molecule has 0 bridgehead atoms. The highest BCUT2D eigenvalue weighted by atomic mass is 32.1. The number of aromatic nitrogens is 4. The van der Waals surface area contributed by atoms with Crippen molar-refractivity contribution in [1.82, 2.24) is 19.9 Å². The van der Waals surface area contributed by atoms with Gasteiger partial charge in [-0.1, -0.05) is 13.8 Å². The van der Waals surface area contributed by atoms with E-state index in [4.69, 9.17) is 14.7 Å². The first-order chi connectivity index (χ1) is 17.2. The van der Waals surface area contributed by atoms with Gasteiger partial charge >= 0.3 is 0 Å². The fraction of sp³-hybridized carbons (Fsp3) is 0.600. The number of hydrogen-bond acceptors (Lipinski definition) is 11. The van der Waals surface area contributed by atoms with Gasteiger partial charge in [-0.05, 0) is 39.2 Å². The number of nitrogens with one attached hydrogen (secondary N) is 2. The summed E-state index contributed by atoms with van der Waals surface area (Å²) in [5, 5.41) is 40.2. The van der Waals surface area contributed by atoms with E-state index < -0.39 is 29.8 Å². The van der Waals surface area contributed by atoms with Crippen molar-refractivity contribution in [3.8, 4) is 10.6 Å². The first kappa shape index (κ1) is 26.6. The molecule has 3 aromatic rings. The topological polar surface area (TPSA) is 146 Å². The zero-order chi connectivity index (χ0) is 26.0. The SMILES string of the molecule is CCC(O)(CC)[C@H]1CC(Nc2nc(NCCOC)nc(C)c2-c2nc3c(C)nccc3s2)[C@H](O)[C@@H]1O. The van der Waals surface area contributed by atoms with Gasteiger partial charge in [-0.2, -0.15) is 4.98 Å². The summed E-state index contributed by atoms with van der Waals surface area (Å²) in [6, 6.07) is 1.43. The molecular weight excluding hydrogens is 480 g/mol. The van der Waals surface area contributed by atoms with Gasteiger partial charge in [0.1, 0.15) is 22.4 Å². The second-order valence-corrected chi connectivity index (χ2v) is 10.5. The van der Waals surface area contributed by atoms with Crippen molar-refractivity contribution in [3.05, 3.63) is 23.7 Å². The number of nitrogens with zero attached hydrogens (tertiary/aromatic N) is 4. The molecule has 4 rings (SSSR count). The predicted molar refractivity (Wildman–Crippen MR) is 141 cm³/mol. The molecule has 0 radical (unpaired) electrons. The third-order valence-corrected chi connectivity index (χ3v) is 8.34. The molecule has 0 spiro atoms. The van der Waals surface area contributed by atoms with Crippen molar-refractivity contribution >= 4 is 33.3 Å². The number of thiazole rings is 1. The van der Waals surface area contributed by atoms with Gasteiger partial charge in [-0.15, -0.1) is 11.3 Å². The van der Waals surface area contributed by atoms with E-state index in [-0.39, 0.29) is 0 Å². The number of rotatable bonds is 10. The Labute approximate surface area is 215 Å². The number of aryl methyl sites for hydroxylation is 2. The Hall–Kier alpha value is -2.44. The Kier molecular flexibility index (Phi) is 8.06. The number of hydrogen-bond donors (Lipinski definition) is 5. The fourth-order valence-corrected chi connectivity index (χ4v) is 6.14. The molecule has 3 aromatic heterocycles. The van der Waals surface area contributed by atoms with Gasteiger partial charge in [0.05, 0.1) is 46.0 Å². The maximum absolute atomic E-state index is 11.1. The maximum atomic E-state index is 11.1. The summed E-state index contributed by atoms with van der Waals surface area (Å²) in [5.74, 6) is 0.486. The molecule has 1 aliphatic rings. The van der Waals surface area contributed by atoms with E-state index in [0.29, 0.717) is 44.2 Å². The van der Waals surface area contributed by atoms with Crippen LogP contribution in [0.15, 0.2) is 12.3 Å². The van der Waals surface area contributed by atoms with Crippen LogP contribution in [0.1, 0.15) is 44.5 Å². The van der Waals surface area contributed by atoms with Crippen molar-refractivity contribution in [2.75, 3.05) is 30.9 Å². The summed E-state index contributed by atoms with van der Waals surface area (Å²) < 4.78 is 6.14. The summed E-state index contributed by atoms with van der Waals surface area (Å²) in [6.07, 6.45) is 1.05. The molecule has 0 aromatic carbocycles. The Morgan fingerprint density at radius 3 is 2.53 bits per heavy atom. The van der Waals surface area contributed by atoms with Crippen LogP contribution in [0.4, 0.5) is 11.8 Å². The molecule has 0 saturated heterocycles. The predicted octanol–water partition coefficient (Wildman–Crippen LogP) is 2.90. The van der Waals surface area contributed by atoms with Gasteiger partial charge in [-0.25, -0.2) is 9.97 Å². The van der Waals surface area contributed by atoms with Gasteiger partial charge < -0.3 is 30.7 Å². The minimum Gasteiger partial charge on any atom is -0.390 e. The van der Waals surface area contributed by atoms with Crippen LogP contribution in [-0.4, -0.2) is 79.4 Å². The van der Waals surface area contributed by atoms with Gasteiger partial charge in [0.25, 0.3) is 0 Å². The van der Waals surface area contributed by atoms with Crippen LogP contribution in [0.5, 0.6) is 0 Å². The number of methoxy groups -OCH3 is 1. The van der Waals surface area contributed by atoms with E-state index in [0.717, 1.165) is 32.2 Å². The average molecular weight is 517 g/mol. The highest BCUT2D eigenvalue weighted by Crippen LogP contribution is 2.42. The van der Waals surface area contributed by atoms with E-state index >= 15 is 0 Å². The summed E-state index contributed by atoms with van der Waals surface area (Å²) in [6.45, 7) is 8.66. The van der Waals surface area contributed by atoms with Gasteiger partial charge in [0, 0.05) is 25.8 Å². The van der Waals surface area contributed by atoms with Gasteiger partial charge in [0.15, 0.2) is 0 Å². The average Bonchev–Trinajstić information content (AvgIpc) is 3.41. The molecule has 4 atom stereocenters. The lowest BCUT2D eigenvalue weighted by Gasteiger charge is -2.34. The quantitative estimate of drug-likeness (QED) is 0.255. The third kappa shape index (κ3) is 5.03. The molecule has 5 N–H and O–H groups in total. The third-order valence-electron chi connectivity index (χ3n) is 7.30. The first-order valence-electron chi connectivity index (χ1n) is 12.4. The minimum atomic E-state index is -1.06. The molecule has 11 heteroatoms. The second-order valence-electron chi connectivity index (χ2n) is 9.42. The van der Waals surface area contributed by atoms with E-state index in [1.165, 1.54) is 11.3 Å². The van der Waals surface area contributed by atoms with Gasteiger partial charge in [0.2, 0.25) is 5.95 Å². The number of anilines is 2. The lowest BCUT2D eigenvalue weighted by Crippen LogP contribution is -2.43. The van der Waals surface area contributed by atoms with Gasteiger partial charge in [-0.3, -0.25) is 4.98 Å². The van der Waals surface area contributed by atoms with E-state index in [2.05, 4.69) is 20.6 Å². The Morgan fingerprint density at radius 1 is 1.11 bits per heavy atom. The Morgan fingerprint density at radius 2 is 1.86 bits per heavy atom. The van der Waals surface area contributed by atoms with Crippen molar-refractivity contribution in [2.24, 2.45) is 5.92 Å². The maximum Gasteiger partial charge on any atom is 0.224 e. The molecule has 10 nitrogen and oxygen atoms in total. The molecule has 3 heterocycles. The molecule has 1 unspecified atom stereocenters. The number of aliphatic hydroxyl groups excluding tert-OH is 2. The lowest BCUT2D eigenvalue weighted by molar-refractivity contribution is -0.0843. The van der Waals surface area contributed by atoms with Crippen molar-refractivity contribution in [2.45, 2.75) is 70.8 Å². The largest absolute Gasteiger partial charge is 0.390 e. The monoisotopic (exact) mass is 516 g/mol. The Bertz CT molecular complexity index is 1200. The van der Waals surface area contributed by atoms with Crippen LogP contribution >= 0.6 is 11.3 Å². The van der Waals surface area contributed by atoms with Crippen LogP contribution in [0, 0.1) is 19.8 Å². The van der Waals surface area contributed by atoms with Crippen LogP contribution in [-0.2, 0) is 4.74 Å². The first-order valence-corrected chi connectivity index (χ1v) is 13.2. The number of pyridine rings is 1. The molecule has 0 amide bonds.